The molecule has 6 nitrogen and oxygen atoms in total. The first-order valence-electron chi connectivity index (χ1n) is 7.51. The lowest BCUT2D eigenvalue weighted by molar-refractivity contribution is -0.132. The van der Waals surface area contributed by atoms with Crippen LogP contribution >= 0.6 is 0 Å². The van der Waals surface area contributed by atoms with E-state index in [4.69, 9.17) is 10.8 Å². The Bertz CT molecular complexity index is 272. The number of aliphatic hydroxyl groups is 1. The van der Waals surface area contributed by atoms with E-state index in [2.05, 4.69) is 12.2 Å². The second-order valence-corrected chi connectivity index (χ2v) is 4.85. The second-order valence-electron chi connectivity index (χ2n) is 4.85. The number of carbonyl (C=O) groups is 2. The van der Waals surface area contributed by atoms with Crippen LogP contribution in [-0.2, 0) is 9.59 Å². The summed E-state index contributed by atoms with van der Waals surface area (Å²) in [5, 5.41) is 11.4. The first kappa shape index (κ1) is 18.9. The number of hydrogen-bond acceptors (Lipinski definition) is 4. The fourth-order valence-electron chi connectivity index (χ4n) is 1.89. The number of carbonyl (C=O) groups excluding carboxylic acids is 2. The van der Waals surface area contributed by atoms with Crippen molar-refractivity contribution in [2.45, 2.75) is 45.4 Å². The van der Waals surface area contributed by atoms with E-state index in [0.29, 0.717) is 19.5 Å². The first-order valence-corrected chi connectivity index (χ1v) is 7.51. The van der Waals surface area contributed by atoms with Gasteiger partial charge in [0.25, 0.3) is 0 Å². The molecule has 2 amide bonds. The minimum atomic E-state index is -0.330. The normalized spacial score (nSPS) is 10.3. The van der Waals surface area contributed by atoms with Gasteiger partial charge in [-0.2, -0.15) is 0 Å². The van der Waals surface area contributed by atoms with Crippen LogP contribution in [0.5, 0.6) is 0 Å². The van der Waals surface area contributed by atoms with Gasteiger partial charge in [-0.25, -0.2) is 0 Å². The van der Waals surface area contributed by atoms with E-state index in [1.807, 2.05) is 0 Å². The van der Waals surface area contributed by atoms with E-state index in [0.717, 1.165) is 12.8 Å². The van der Waals surface area contributed by atoms with Gasteiger partial charge in [0, 0.05) is 19.7 Å². The molecule has 0 aromatic heterocycles. The molecule has 0 spiro atoms. The zero-order valence-corrected chi connectivity index (χ0v) is 12.6. The molecule has 0 saturated carbocycles. The lowest BCUT2D eigenvalue weighted by Gasteiger charge is -2.22. The first-order chi connectivity index (χ1) is 9.65. The Balaban J connectivity index is 4.04. The SMILES string of the molecule is CCCCCCCN(CCCO)C(=O)CNC(=O)CN. The summed E-state index contributed by atoms with van der Waals surface area (Å²) in [7, 11) is 0. The minimum absolute atomic E-state index is 0.0174. The Morgan fingerprint density at radius 1 is 1.10 bits per heavy atom. The molecule has 20 heavy (non-hydrogen) atoms. The largest absolute Gasteiger partial charge is 0.396 e. The zero-order chi connectivity index (χ0) is 15.2. The molecule has 0 radical (unpaired) electrons. The smallest absolute Gasteiger partial charge is 0.241 e. The van der Waals surface area contributed by atoms with E-state index in [1.54, 1.807) is 4.90 Å². The Hall–Kier alpha value is -1.14. The molecule has 0 aromatic rings. The molecular weight excluding hydrogens is 258 g/mol. The van der Waals surface area contributed by atoms with Crippen LogP contribution in [0.1, 0.15) is 45.4 Å². The van der Waals surface area contributed by atoms with Crippen molar-refractivity contribution < 1.29 is 14.7 Å². The van der Waals surface area contributed by atoms with Crippen molar-refractivity contribution in [1.29, 1.82) is 0 Å². The van der Waals surface area contributed by atoms with Crippen molar-refractivity contribution in [3.63, 3.8) is 0 Å². The van der Waals surface area contributed by atoms with Gasteiger partial charge in [-0.1, -0.05) is 32.6 Å². The average molecular weight is 287 g/mol. The Kier molecular flexibility index (Phi) is 12.1. The summed E-state index contributed by atoms with van der Waals surface area (Å²) in [4.78, 5) is 24.7. The quantitative estimate of drug-likeness (QED) is 0.448. The molecule has 0 saturated heterocycles. The molecule has 0 aliphatic carbocycles. The molecule has 118 valence electrons. The summed E-state index contributed by atoms with van der Waals surface area (Å²) in [5.41, 5.74) is 5.17. The molecule has 0 atom stereocenters. The van der Waals surface area contributed by atoms with Crippen molar-refractivity contribution in [2.75, 3.05) is 32.8 Å². The molecule has 0 heterocycles. The number of nitrogens with two attached hydrogens (primary N) is 1. The average Bonchev–Trinajstić information content (AvgIpc) is 2.47. The van der Waals surface area contributed by atoms with Gasteiger partial charge in [0.2, 0.25) is 11.8 Å². The van der Waals surface area contributed by atoms with Crippen molar-refractivity contribution in [1.82, 2.24) is 10.2 Å². The maximum Gasteiger partial charge on any atom is 0.241 e. The Morgan fingerprint density at radius 2 is 1.75 bits per heavy atom. The van der Waals surface area contributed by atoms with Crippen LogP contribution in [0.2, 0.25) is 0 Å². The highest BCUT2D eigenvalue weighted by atomic mass is 16.3. The van der Waals surface area contributed by atoms with Crippen LogP contribution in [0.15, 0.2) is 0 Å². The van der Waals surface area contributed by atoms with Crippen LogP contribution in [0.25, 0.3) is 0 Å². The summed E-state index contributed by atoms with van der Waals surface area (Å²) in [6, 6.07) is 0. The molecule has 0 unspecified atom stereocenters. The van der Waals surface area contributed by atoms with E-state index in [9.17, 15) is 9.59 Å². The summed E-state index contributed by atoms with van der Waals surface area (Å²) in [6.07, 6.45) is 6.22. The van der Waals surface area contributed by atoms with Crippen molar-refractivity contribution in [3.8, 4) is 0 Å². The fourth-order valence-corrected chi connectivity index (χ4v) is 1.89. The summed E-state index contributed by atoms with van der Waals surface area (Å²) in [5.74, 6) is -0.445. The number of nitrogens with zero attached hydrogens (tertiary/aromatic N) is 1. The summed E-state index contributed by atoms with van der Waals surface area (Å²) >= 11 is 0. The van der Waals surface area contributed by atoms with Crippen molar-refractivity contribution in [2.24, 2.45) is 5.73 Å². The molecule has 0 aromatic carbocycles. The standard InChI is InChI=1S/C14H29N3O3/c1-2-3-4-5-6-8-17(9-7-10-18)14(20)12-16-13(19)11-15/h18H,2-12,15H2,1H3,(H,16,19). The summed E-state index contributed by atoms with van der Waals surface area (Å²) in [6.45, 7) is 3.31. The van der Waals surface area contributed by atoms with E-state index < -0.39 is 0 Å². The van der Waals surface area contributed by atoms with E-state index in [-0.39, 0.29) is 31.5 Å². The zero-order valence-electron chi connectivity index (χ0n) is 12.6. The molecule has 0 aliphatic heterocycles. The Labute approximate surface area is 121 Å². The third-order valence-corrected chi connectivity index (χ3v) is 3.09. The molecule has 4 N–H and O–H groups in total. The van der Waals surface area contributed by atoms with Crippen LogP contribution in [-0.4, -0.2) is 54.6 Å². The van der Waals surface area contributed by atoms with E-state index >= 15 is 0 Å². The van der Waals surface area contributed by atoms with Crippen LogP contribution in [0, 0.1) is 0 Å². The fraction of sp³-hybridized carbons (Fsp3) is 0.857. The van der Waals surface area contributed by atoms with Gasteiger partial charge in [0.1, 0.15) is 0 Å². The number of rotatable bonds is 12. The van der Waals surface area contributed by atoms with Crippen LogP contribution in [0.3, 0.4) is 0 Å². The van der Waals surface area contributed by atoms with E-state index in [1.165, 1.54) is 19.3 Å². The Morgan fingerprint density at radius 3 is 2.35 bits per heavy atom. The number of hydrogen-bond donors (Lipinski definition) is 3. The number of unbranched alkanes of at least 4 members (excludes halogenated alkanes) is 4. The van der Waals surface area contributed by atoms with Gasteiger partial charge in [-0.05, 0) is 12.8 Å². The number of nitrogens with one attached hydrogen (secondary N) is 1. The van der Waals surface area contributed by atoms with Gasteiger partial charge in [-0.15, -0.1) is 0 Å². The third-order valence-electron chi connectivity index (χ3n) is 3.09. The molecule has 0 bridgehead atoms. The molecule has 0 rings (SSSR count). The van der Waals surface area contributed by atoms with Crippen molar-refractivity contribution >= 4 is 11.8 Å². The number of aliphatic hydroxyl groups excluding tert-OH is 1. The van der Waals surface area contributed by atoms with Gasteiger partial charge >= 0.3 is 0 Å². The lowest BCUT2D eigenvalue weighted by Crippen LogP contribution is -2.42. The van der Waals surface area contributed by atoms with Gasteiger partial charge in [-0.3, -0.25) is 9.59 Å². The maximum absolute atomic E-state index is 12.0. The van der Waals surface area contributed by atoms with Crippen molar-refractivity contribution in [3.05, 3.63) is 0 Å². The van der Waals surface area contributed by atoms with Gasteiger partial charge < -0.3 is 21.1 Å². The highest BCUT2D eigenvalue weighted by Gasteiger charge is 2.13. The molecule has 0 aliphatic rings. The predicted molar refractivity (Wildman–Crippen MR) is 79.1 cm³/mol. The lowest BCUT2D eigenvalue weighted by atomic mass is 10.1. The predicted octanol–water partition coefficient (Wildman–Crippen LogP) is 0.243. The monoisotopic (exact) mass is 287 g/mol. The molecule has 6 heteroatoms. The van der Waals surface area contributed by atoms with Gasteiger partial charge in [0.15, 0.2) is 0 Å². The second kappa shape index (κ2) is 12.9. The molecule has 0 fully saturated rings. The highest BCUT2D eigenvalue weighted by molar-refractivity contribution is 5.85. The molecular formula is C14H29N3O3. The van der Waals surface area contributed by atoms with Gasteiger partial charge in [0.05, 0.1) is 13.1 Å². The maximum atomic E-state index is 12.0. The number of amides is 2. The third kappa shape index (κ3) is 9.75. The van der Waals surface area contributed by atoms with Crippen LogP contribution < -0.4 is 11.1 Å². The minimum Gasteiger partial charge on any atom is -0.396 e. The topological polar surface area (TPSA) is 95.7 Å². The summed E-state index contributed by atoms with van der Waals surface area (Å²) < 4.78 is 0. The van der Waals surface area contributed by atoms with Crippen LogP contribution in [0.4, 0.5) is 0 Å². The highest BCUT2D eigenvalue weighted by Crippen LogP contribution is 2.04.